The number of carbonyl (C=O) groups is 1. The third-order valence-electron chi connectivity index (χ3n) is 4.57. The summed E-state index contributed by atoms with van der Waals surface area (Å²) >= 11 is 0. The molecular formula is C18H28ClFN2O2. The molecule has 1 aromatic rings. The lowest BCUT2D eigenvalue weighted by Crippen LogP contribution is -2.37. The molecule has 1 N–H and O–H groups in total. The number of hydrogen-bond acceptors (Lipinski definition) is 3. The Morgan fingerprint density at radius 1 is 1.42 bits per heavy atom. The monoisotopic (exact) mass is 358 g/mol. The summed E-state index contributed by atoms with van der Waals surface area (Å²) in [6.07, 6.45) is 2.99. The highest BCUT2D eigenvalue weighted by Crippen LogP contribution is 2.23. The van der Waals surface area contributed by atoms with Gasteiger partial charge in [-0.1, -0.05) is 6.92 Å². The van der Waals surface area contributed by atoms with E-state index >= 15 is 0 Å². The predicted molar refractivity (Wildman–Crippen MR) is 96.2 cm³/mol. The molecular weight excluding hydrogens is 331 g/mol. The van der Waals surface area contributed by atoms with Gasteiger partial charge in [0.05, 0.1) is 6.54 Å². The maximum atomic E-state index is 12.8. The fraction of sp³-hybridized carbons (Fsp3) is 0.611. The van der Waals surface area contributed by atoms with E-state index in [1.54, 1.807) is 17.0 Å². The highest BCUT2D eigenvalue weighted by Gasteiger charge is 2.23. The molecule has 136 valence electrons. The summed E-state index contributed by atoms with van der Waals surface area (Å²) in [5, 5.41) is 3.40. The molecule has 1 fully saturated rings. The van der Waals surface area contributed by atoms with E-state index in [1.807, 2.05) is 7.05 Å². The number of carbonyl (C=O) groups excluding carboxylic acids is 1. The van der Waals surface area contributed by atoms with Crippen molar-refractivity contribution in [3.05, 3.63) is 30.1 Å². The molecule has 1 amide bonds. The minimum atomic E-state index is -0.282. The smallest absolute Gasteiger partial charge is 0.222 e. The molecule has 1 saturated heterocycles. The number of likely N-dealkylation sites (N-methyl/N-ethyl adjacent to an activating group) is 1. The summed E-state index contributed by atoms with van der Waals surface area (Å²) in [5.74, 6) is 1.49. The normalized spacial score (nSPS) is 18.4. The van der Waals surface area contributed by atoms with E-state index in [4.69, 9.17) is 4.74 Å². The SMILES string of the molecule is CC(CC(=O)N(C)CCOc1ccc(F)cc1)C1CCCNC1.Cl. The van der Waals surface area contributed by atoms with Crippen LogP contribution in [0.5, 0.6) is 5.75 Å². The molecule has 4 nitrogen and oxygen atoms in total. The predicted octanol–water partition coefficient (Wildman–Crippen LogP) is 3.11. The lowest BCUT2D eigenvalue weighted by atomic mass is 9.85. The van der Waals surface area contributed by atoms with E-state index in [9.17, 15) is 9.18 Å². The summed E-state index contributed by atoms with van der Waals surface area (Å²) in [6, 6.07) is 5.92. The average molecular weight is 359 g/mol. The molecule has 0 spiro atoms. The van der Waals surface area contributed by atoms with E-state index in [0.717, 1.165) is 13.1 Å². The summed E-state index contributed by atoms with van der Waals surface area (Å²) in [6.45, 7) is 5.22. The minimum absolute atomic E-state index is 0. The second kappa shape index (κ2) is 10.5. The number of nitrogens with zero attached hydrogens (tertiary/aromatic N) is 1. The number of piperidine rings is 1. The number of benzene rings is 1. The van der Waals surface area contributed by atoms with Gasteiger partial charge >= 0.3 is 0 Å². The highest BCUT2D eigenvalue weighted by atomic mass is 35.5. The van der Waals surface area contributed by atoms with Crippen LogP contribution in [0.1, 0.15) is 26.2 Å². The molecule has 1 aromatic carbocycles. The Hall–Kier alpha value is -1.33. The lowest BCUT2D eigenvalue weighted by Gasteiger charge is -2.29. The first-order chi connectivity index (χ1) is 11.1. The molecule has 1 aliphatic rings. The Bertz CT molecular complexity index is 492. The third-order valence-corrected chi connectivity index (χ3v) is 4.57. The molecule has 0 aromatic heterocycles. The van der Waals surface area contributed by atoms with E-state index in [0.29, 0.717) is 37.2 Å². The van der Waals surface area contributed by atoms with Gasteiger partial charge in [-0.2, -0.15) is 0 Å². The first-order valence-electron chi connectivity index (χ1n) is 8.39. The summed E-state index contributed by atoms with van der Waals surface area (Å²) < 4.78 is 18.3. The van der Waals surface area contributed by atoms with Crippen LogP contribution in [0.25, 0.3) is 0 Å². The van der Waals surface area contributed by atoms with Gasteiger partial charge in [-0.3, -0.25) is 4.79 Å². The number of rotatable bonds is 7. The number of nitrogens with one attached hydrogen (secondary N) is 1. The van der Waals surface area contributed by atoms with Crippen molar-refractivity contribution < 1.29 is 13.9 Å². The van der Waals surface area contributed by atoms with Crippen LogP contribution in [0.3, 0.4) is 0 Å². The fourth-order valence-electron chi connectivity index (χ4n) is 2.92. The zero-order valence-electron chi connectivity index (χ0n) is 14.5. The van der Waals surface area contributed by atoms with Gasteiger partial charge in [0.1, 0.15) is 18.2 Å². The van der Waals surface area contributed by atoms with Crippen LogP contribution >= 0.6 is 12.4 Å². The minimum Gasteiger partial charge on any atom is -0.492 e. The molecule has 0 aliphatic carbocycles. The first kappa shape index (κ1) is 20.7. The standard InChI is InChI=1S/C18H27FN2O2.ClH/c1-14(15-4-3-9-20-13-15)12-18(22)21(2)10-11-23-17-7-5-16(19)6-8-17;/h5-8,14-15,20H,3-4,9-13H2,1-2H3;1H. The van der Waals surface area contributed by atoms with Crippen LogP contribution in [0, 0.1) is 17.7 Å². The van der Waals surface area contributed by atoms with Crippen molar-refractivity contribution in [2.45, 2.75) is 26.2 Å². The van der Waals surface area contributed by atoms with Crippen molar-refractivity contribution in [1.82, 2.24) is 10.2 Å². The van der Waals surface area contributed by atoms with Crippen molar-refractivity contribution in [3.63, 3.8) is 0 Å². The molecule has 1 aliphatic heterocycles. The number of amides is 1. The van der Waals surface area contributed by atoms with Gasteiger partial charge in [-0.25, -0.2) is 4.39 Å². The van der Waals surface area contributed by atoms with Gasteiger partial charge in [0.25, 0.3) is 0 Å². The van der Waals surface area contributed by atoms with Crippen LogP contribution in [0.2, 0.25) is 0 Å². The van der Waals surface area contributed by atoms with Crippen LogP contribution in [-0.4, -0.2) is 44.1 Å². The van der Waals surface area contributed by atoms with Crippen molar-refractivity contribution in [1.29, 1.82) is 0 Å². The molecule has 24 heavy (non-hydrogen) atoms. The molecule has 2 unspecified atom stereocenters. The fourth-order valence-corrected chi connectivity index (χ4v) is 2.92. The number of hydrogen-bond donors (Lipinski definition) is 1. The van der Waals surface area contributed by atoms with Crippen LogP contribution in [-0.2, 0) is 4.79 Å². The average Bonchev–Trinajstić information content (AvgIpc) is 2.57. The molecule has 0 bridgehead atoms. The maximum absolute atomic E-state index is 12.8. The van der Waals surface area contributed by atoms with Crippen LogP contribution in [0.4, 0.5) is 4.39 Å². The maximum Gasteiger partial charge on any atom is 0.222 e. The molecule has 1 heterocycles. The molecule has 6 heteroatoms. The Morgan fingerprint density at radius 3 is 2.75 bits per heavy atom. The number of ether oxygens (including phenoxy) is 1. The van der Waals surface area contributed by atoms with Crippen molar-refractivity contribution >= 4 is 18.3 Å². The topological polar surface area (TPSA) is 41.6 Å². The van der Waals surface area contributed by atoms with Crippen LogP contribution in [0.15, 0.2) is 24.3 Å². The molecule has 2 rings (SSSR count). The lowest BCUT2D eigenvalue weighted by molar-refractivity contribution is -0.131. The Morgan fingerprint density at radius 2 is 2.12 bits per heavy atom. The van der Waals surface area contributed by atoms with Crippen molar-refractivity contribution in [2.24, 2.45) is 11.8 Å². The second-order valence-electron chi connectivity index (χ2n) is 6.41. The van der Waals surface area contributed by atoms with Gasteiger partial charge in [0.2, 0.25) is 5.91 Å². The van der Waals surface area contributed by atoms with E-state index in [2.05, 4.69) is 12.2 Å². The van der Waals surface area contributed by atoms with Gasteiger partial charge in [0.15, 0.2) is 0 Å². The van der Waals surface area contributed by atoms with Crippen molar-refractivity contribution in [2.75, 3.05) is 33.3 Å². The van der Waals surface area contributed by atoms with Crippen LogP contribution < -0.4 is 10.1 Å². The summed E-state index contributed by atoms with van der Waals surface area (Å²) in [4.78, 5) is 14.0. The van der Waals surface area contributed by atoms with E-state index < -0.39 is 0 Å². The van der Waals surface area contributed by atoms with Gasteiger partial charge in [-0.05, 0) is 62.0 Å². The van der Waals surface area contributed by atoms with E-state index in [-0.39, 0.29) is 24.1 Å². The Balaban J connectivity index is 0.00000288. The highest BCUT2D eigenvalue weighted by molar-refractivity contribution is 5.85. The number of halogens is 2. The largest absolute Gasteiger partial charge is 0.492 e. The quantitative estimate of drug-likeness (QED) is 0.814. The molecule has 0 saturated carbocycles. The van der Waals surface area contributed by atoms with E-state index in [1.165, 1.54) is 25.0 Å². The van der Waals surface area contributed by atoms with Gasteiger partial charge in [-0.15, -0.1) is 12.4 Å². The molecule has 2 atom stereocenters. The van der Waals surface area contributed by atoms with Gasteiger partial charge in [0, 0.05) is 13.5 Å². The van der Waals surface area contributed by atoms with Gasteiger partial charge < -0.3 is 15.0 Å². The zero-order chi connectivity index (χ0) is 16.7. The Kier molecular flexibility index (Phi) is 9.08. The van der Waals surface area contributed by atoms with Crippen molar-refractivity contribution in [3.8, 4) is 5.75 Å². The summed E-state index contributed by atoms with van der Waals surface area (Å²) in [7, 11) is 1.81. The third kappa shape index (κ3) is 6.65. The zero-order valence-corrected chi connectivity index (χ0v) is 15.3. The first-order valence-corrected chi connectivity index (χ1v) is 8.39. The molecule has 0 radical (unpaired) electrons. The second-order valence-corrected chi connectivity index (χ2v) is 6.41. The summed E-state index contributed by atoms with van der Waals surface area (Å²) in [5.41, 5.74) is 0. The Labute approximate surface area is 150 Å².